The zero-order valence-corrected chi connectivity index (χ0v) is 19.0. The maximum Gasteiger partial charge on any atom is 0.412 e. The molecule has 0 spiro atoms. The third kappa shape index (κ3) is 6.54. The van der Waals surface area contributed by atoms with Gasteiger partial charge in [-0.15, -0.1) is 0 Å². The van der Waals surface area contributed by atoms with Crippen molar-refractivity contribution in [3.05, 3.63) is 53.7 Å². The van der Waals surface area contributed by atoms with Gasteiger partial charge >= 0.3 is 6.09 Å². The first kappa shape index (κ1) is 23.2. The number of aryl methyl sites for hydroxylation is 1. The number of carbonyl (C=O) groups excluding carboxylic acids is 3. The number of aromatic nitrogens is 1. The van der Waals surface area contributed by atoms with Crippen molar-refractivity contribution in [1.29, 1.82) is 0 Å². The first-order chi connectivity index (χ1) is 15.1. The first-order valence-electron chi connectivity index (χ1n) is 10.7. The Morgan fingerprint density at radius 1 is 1.06 bits per heavy atom. The van der Waals surface area contributed by atoms with Crippen molar-refractivity contribution >= 4 is 29.4 Å². The molecule has 1 atom stereocenters. The number of hydrogen-bond acceptors (Lipinski definition) is 5. The number of hydrogen-bond donors (Lipinski definition) is 2. The summed E-state index contributed by atoms with van der Waals surface area (Å²) >= 11 is 0. The van der Waals surface area contributed by atoms with Crippen LogP contribution in [-0.2, 0) is 9.53 Å². The fourth-order valence-electron chi connectivity index (χ4n) is 3.45. The molecule has 0 saturated carbocycles. The number of anilines is 2. The van der Waals surface area contributed by atoms with Crippen LogP contribution in [-0.4, -0.2) is 46.5 Å². The fourth-order valence-corrected chi connectivity index (χ4v) is 3.45. The van der Waals surface area contributed by atoms with Crippen LogP contribution < -0.4 is 10.6 Å². The molecule has 1 aliphatic heterocycles. The van der Waals surface area contributed by atoms with E-state index in [1.165, 1.54) is 0 Å². The Balaban J connectivity index is 1.57. The minimum Gasteiger partial charge on any atom is -0.444 e. The van der Waals surface area contributed by atoms with Gasteiger partial charge in [0, 0.05) is 30.5 Å². The van der Waals surface area contributed by atoms with E-state index < -0.39 is 11.7 Å². The molecule has 3 rings (SSSR count). The fraction of sp³-hybridized carbons (Fsp3) is 0.417. The number of likely N-dealkylation sites (tertiary alicyclic amines) is 1. The SMILES string of the molecule is Cc1ccc(NC(=O)C2CCCN(C(=O)c3ccc(NC(=O)OC(C)(C)C)cc3)C2)nc1. The van der Waals surface area contributed by atoms with E-state index in [-0.39, 0.29) is 17.7 Å². The number of piperidine rings is 1. The van der Waals surface area contributed by atoms with Crippen LogP contribution in [0.15, 0.2) is 42.6 Å². The molecule has 0 aliphatic carbocycles. The number of pyridine rings is 1. The Kier molecular flexibility index (Phi) is 7.12. The highest BCUT2D eigenvalue weighted by molar-refractivity contribution is 5.96. The van der Waals surface area contributed by atoms with Crippen molar-refractivity contribution in [2.45, 2.75) is 46.1 Å². The maximum atomic E-state index is 13.0. The highest BCUT2D eigenvalue weighted by atomic mass is 16.6. The molecule has 1 aliphatic rings. The first-order valence-corrected chi connectivity index (χ1v) is 10.7. The molecule has 1 aromatic heterocycles. The zero-order chi connectivity index (χ0) is 23.3. The molecule has 1 aromatic carbocycles. The molecule has 32 heavy (non-hydrogen) atoms. The Bertz CT molecular complexity index is 965. The third-order valence-corrected chi connectivity index (χ3v) is 5.02. The lowest BCUT2D eigenvalue weighted by Gasteiger charge is -2.32. The predicted molar refractivity (Wildman–Crippen MR) is 123 cm³/mol. The second-order valence-electron chi connectivity index (χ2n) is 9.00. The van der Waals surface area contributed by atoms with Crippen molar-refractivity contribution < 1.29 is 19.1 Å². The summed E-state index contributed by atoms with van der Waals surface area (Å²) in [5.41, 5.74) is 1.47. The van der Waals surface area contributed by atoms with Crippen molar-refractivity contribution in [2.24, 2.45) is 5.92 Å². The molecule has 170 valence electrons. The molecule has 0 radical (unpaired) electrons. The van der Waals surface area contributed by atoms with Crippen LogP contribution >= 0.6 is 0 Å². The Morgan fingerprint density at radius 2 is 1.78 bits per heavy atom. The van der Waals surface area contributed by atoms with Crippen LogP contribution in [0.4, 0.5) is 16.3 Å². The lowest BCUT2D eigenvalue weighted by molar-refractivity contribution is -0.121. The molecule has 0 bridgehead atoms. The summed E-state index contributed by atoms with van der Waals surface area (Å²) < 4.78 is 5.23. The quantitative estimate of drug-likeness (QED) is 0.744. The van der Waals surface area contributed by atoms with E-state index in [4.69, 9.17) is 4.74 Å². The predicted octanol–water partition coefficient (Wildman–Crippen LogP) is 4.23. The minimum absolute atomic E-state index is 0.129. The molecule has 1 unspecified atom stereocenters. The third-order valence-electron chi connectivity index (χ3n) is 5.02. The number of ether oxygens (including phenoxy) is 1. The molecule has 8 heteroatoms. The van der Waals surface area contributed by atoms with Gasteiger partial charge in [-0.3, -0.25) is 14.9 Å². The van der Waals surface area contributed by atoms with Gasteiger partial charge in [0.05, 0.1) is 5.92 Å². The van der Waals surface area contributed by atoms with Crippen molar-refractivity contribution in [2.75, 3.05) is 23.7 Å². The molecule has 2 heterocycles. The summed E-state index contributed by atoms with van der Waals surface area (Å²) in [6.45, 7) is 8.26. The molecule has 2 aromatic rings. The summed E-state index contributed by atoms with van der Waals surface area (Å²) in [6, 6.07) is 10.3. The van der Waals surface area contributed by atoms with Crippen molar-refractivity contribution in [3.63, 3.8) is 0 Å². The van der Waals surface area contributed by atoms with Gasteiger partial charge in [0.2, 0.25) is 5.91 Å². The second-order valence-corrected chi connectivity index (χ2v) is 9.00. The topological polar surface area (TPSA) is 101 Å². The molecule has 8 nitrogen and oxygen atoms in total. The molecular formula is C24H30N4O4. The van der Waals surface area contributed by atoms with E-state index >= 15 is 0 Å². The van der Waals surface area contributed by atoms with Crippen LogP contribution in [0.2, 0.25) is 0 Å². The Hall–Kier alpha value is -3.42. The number of nitrogens with one attached hydrogen (secondary N) is 2. The summed E-state index contributed by atoms with van der Waals surface area (Å²) in [4.78, 5) is 43.4. The number of amides is 3. The van der Waals surface area contributed by atoms with Crippen LogP contribution in [0.5, 0.6) is 0 Å². The summed E-state index contributed by atoms with van der Waals surface area (Å²) in [5.74, 6) is -0.0448. The van der Waals surface area contributed by atoms with Gasteiger partial charge in [-0.2, -0.15) is 0 Å². The van der Waals surface area contributed by atoms with E-state index in [1.54, 1.807) is 62.2 Å². The average molecular weight is 439 g/mol. The smallest absolute Gasteiger partial charge is 0.412 e. The highest BCUT2D eigenvalue weighted by Crippen LogP contribution is 2.21. The summed E-state index contributed by atoms with van der Waals surface area (Å²) in [6.07, 6.45) is 2.63. The Labute approximate surface area is 188 Å². The standard InChI is InChI=1S/C24H30N4O4/c1-16-7-12-20(25-14-16)27-21(29)18-6-5-13-28(15-18)22(30)17-8-10-19(11-9-17)26-23(31)32-24(2,3)4/h7-12,14,18H,5-6,13,15H2,1-4H3,(H,26,31)(H,25,27,29). The number of rotatable bonds is 4. The molecule has 1 fully saturated rings. The van der Waals surface area contributed by atoms with Gasteiger partial charge in [-0.1, -0.05) is 6.07 Å². The van der Waals surface area contributed by atoms with Crippen molar-refractivity contribution in [3.8, 4) is 0 Å². The summed E-state index contributed by atoms with van der Waals surface area (Å²) in [5, 5.41) is 5.49. The van der Waals surface area contributed by atoms with E-state index in [2.05, 4.69) is 15.6 Å². The molecular weight excluding hydrogens is 408 g/mol. The lowest BCUT2D eigenvalue weighted by atomic mass is 9.96. The Morgan fingerprint density at radius 3 is 2.41 bits per heavy atom. The normalized spacial score (nSPS) is 16.2. The van der Waals surface area contributed by atoms with E-state index in [9.17, 15) is 14.4 Å². The van der Waals surface area contributed by atoms with Gasteiger partial charge in [-0.05, 0) is 76.4 Å². The highest BCUT2D eigenvalue weighted by Gasteiger charge is 2.29. The number of benzene rings is 1. The van der Waals surface area contributed by atoms with Crippen LogP contribution in [0.3, 0.4) is 0 Å². The maximum absolute atomic E-state index is 13.0. The van der Waals surface area contributed by atoms with Crippen molar-refractivity contribution in [1.82, 2.24) is 9.88 Å². The van der Waals surface area contributed by atoms with Crippen LogP contribution in [0.1, 0.15) is 49.5 Å². The average Bonchev–Trinajstić information content (AvgIpc) is 2.74. The van der Waals surface area contributed by atoms with Crippen LogP contribution in [0.25, 0.3) is 0 Å². The lowest BCUT2D eigenvalue weighted by Crippen LogP contribution is -2.43. The minimum atomic E-state index is -0.591. The molecule has 2 N–H and O–H groups in total. The number of nitrogens with zero attached hydrogens (tertiary/aromatic N) is 2. The van der Waals surface area contributed by atoms with E-state index in [0.29, 0.717) is 30.2 Å². The van der Waals surface area contributed by atoms with Gasteiger partial charge in [0.15, 0.2) is 0 Å². The zero-order valence-electron chi connectivity index (χ0n) is 19.0. The van der Waals surface area contributed by atoms with Gasteiger partial charge in [0.1, 0.15) is 11.4 Å². The summed E-state index contributed by atoms with van der Waals surface area (Å²) in [7, 11) is 0. The molecule has 1 saturated heterocycles. The monoisotopic (exact) mass is 438 g/mol. The van der Waals surface area contributed by atoms with Gasteiger partial charge in [-0.25, -0.2) is 9.78 Å². The molecule has 3 amide bonds. The van der Waals surface area contributed by atoms with Gasteiger partial charge < -0.3 is 15.0 Å². The van der Waals surface area contributed by atoms with E-state index in [0.717, 1.165) is 18.4 Å². The van der Waals surface area contributed by atoms with Gasteiger partial charge in [0.25, 0.3) is 5.91 Å². The van der Waals surface area contributed by atoms with E-state index in [1.807, 2.05) is 13.0 Å². The largest absolute Gasteiger partial charge is 0.444 e. The second kappa shape index (κ2) is 9.80. The van der Waals surface area contributed by atoms with Crippen LogP contribution in [0, 0.1) is 12.8 Å². The number of carbonyl (C=O) groups is 3.